The van der Waals surface area contributed by atoms with Gasteiger partial charge in [-0.15, -0.1) is 0 Å². The van der Waals surface area contributed by atoms with Crippen LogP contribution < -0.4 is 5.32 Å². The first-order valence-corrected chi connectivity index (χ1v) is 8.05. The minimum Gasteiger partial charge on any atom is -0.302 e. The SMILES string of the molecule is CC(C)C1C(=O)CC(c2ccccc2)N[C@H]1c1ccccc1. The molecule has 2 aromatic rings. The van der Waals surface area contributed by atoms with Crippen LogP contribution in [-0.4, -0.2) is 5.78 Å². The zero-order valence-electron chi connectivity index (χ0n) is 13.2. The van der Waals surface area contributed by atoms with Crippen molar-refractivity contribution in [2.24, 2.45) is 11.8 Å². The van der Waals surface area contributed by atoms with Crippen LogP contribution in [0, 0.1) is 11.8 Å². The first-order valence-electron chi connectivity index (χ1n) is 8.05. The Morgan fingerprint density at radius 1 is 0.909 bits per heavy atom. The fraction of sp³-hybridized carbons (Fsp3) is 0.350. The summed E-state index contributed by atoms with van der Waals surface area (Å²) in [7, 11) is 0. The maximum Gasteiger partial charge on any atom is 0.140 e. The lowest BCUT2D eigenvalue weighted by molar-refractivity contribution is -0.128. The Morgan fingerprint density at radius 2 is 1.45 bits per heavy atom. The summed E-state index contributed by atoms with van der Waals surface area (Å²) in [6.45, 7) is 4.28. The van der Waals surface area contributed by atoms with Crippen molar-refractivity contribution in [1.82, 2.24) is 5.32 Å². The van der Waals surface area contributed by atoms with Crippen LogP contribution >= 0.6 is 0 Å². The molecule has 3 atom stereocenters. The molecule has 1 N–H and O–H groups in total. The van der Waals surface area contributed by atoms with Gasteiger partial charge in [0.15, 0.2) is 0 Å². The van der Waals surface area contributed by atoms with Crippen LogP contribution in [0.3, 0.4) is 0 Å². The second-order valence-electron chi connectivity index (χ2n) is 6.46. The molecule has 0 saturated carbocycles. The zero-order chi connectivity index (χ0) is 15.5. The Balaban J connectivity index is 1.94. The molecule has 1 saturated heterocycles. The monoisotopic (exact) mass is 293 g/mol. The molecule has 1 aliphatic rings. The highest BCUT2D eigenvalue weighted by Gasteiger charge is 2.38. The minimum atomic E-state index is 0.0439. The highest BCUT2D eigenvalue weighted by Crippen LogP contribution is 2.38. The highest BCUT2D eigenvalue weighted by molar-refractivity contribution is 5.84. The van der Waals surface area contributed by atoms with Crippen LogP contribution in [0.2, 0.25) is 0 Å². The molecule has 2 aromatic carbocycles. The number of rotatable bonds is 3. The Hall–Kier alpha value is -1.93. The topological polar surface area (TPSA) is 29.1 Å². The summed E-state index contributed by atoms with van der Waals surface area (Å²) in [6, 6.07) is 20.8. The van der Waals surface area contributed by atoms with Gasteiger partial charge in [0.1, 0.15) is 5.78 Å². The molecule has 3 rings (SSSR count). The van der Waals surface area contributed by atoms with Gasteiger partial charge in [-0.2, -0.15) is 0 Å². The quantitative estimate of drug-likeness (QED) is 0.914. The highest BCUT2D eigenvalue weighted by atomic mass is 16.1. The summed E-state index contributed by atoms with van der Waals surface area (Å²) in [5, 5.41) is 3.73. The number of carbonyl (C=O) groups is 1. The number of benzene rings is 2. The average Bonchev–Trinajstić information content (AvgIpc) is 2.55. The maximum atomic E-state index is 12.8. The van der Waals surface area contributed by atoms with E-state index in [1.807, 2.05) is 36.4 Å². The van der Waals surface area contributed by atoms with Crippen LogP contribution in [0.1, 0.15) is 43.5 Å². The molecule has 1 fully saturated rings. The molecule has 0 radical (unpaired) electrons. The summed E-state index contributed by atoms with van der Waals surface area (Å²) < 4.78 is 0. The summed E-state index contributed by atoms with van der Waals surface area (Å²) in [5.74, 6) is 0.751. The lowest BCUT2D eigenvalue weighted by atomic mass is 9.75. The number of piperidine rings is 1. The number of hydrogen-bond acceptors (Lipinski definition) is 2. The van der Waals surface area contributed by atoms with Gasteiger partial charge in [-0.25, -0.2) is 0 Å². The van der Waals surface area contributed by atoms with Crippen molar-refractivity contribution >= 4 is 5.78 Å². The van der Waals surface area contributed by atoms with E-state index in [-0.39, 0.29) is 18.0 Å². The molecule has 1 heterocycles. The molecule has 0 bridgehead atoms. The van der Waals surface area contributed by atoms with Gasteiger partial charge in [-0.05, 0) is 17.0 Å². The molecule has 0 aromatic heterocycles. The molecule has 0 aliphatic carbocycles. The first kappa shape index (κ1) is 15.0. The Bertz CT molecular complexity index is 621. The first-order chi connectivity index (χ1) is 10.7. The van der Waals surface area contributed by atoms with Crippen molar-refractivity contribution in [3.05, 3.63) is 71.8 Å². The van der Waals surface area contributed by atoms with Gasteiger partial charge >= 0.3 is 0 Å². The second kappa shape index (κ2) is 6.45. The average molecular weight is 293 g/mol. The molecule has 2 heteroatoms. The van der Waals surface area contributed by atoms with Crippen molar-refractivity contribution in [1.29, 1.82) is 0 Å². The molecule has 2 unspecified atom stereocenters. The van der Waals surface area contributed by atoms with E-state index >= 15 is 0 Å². The fourth-order valence-electron chi connectivity index (χ4n) is 3.52. The predicted molar refractivity (Wildman–Crippen MR) is 89.5 cm³/mol. The van der Waals surface area contributed by atoms with Crippen LogP contribution in [0.5, 0.6) is 0 Å². The smallest absolute Gasteiger partial charge is 0.140 e. The van der Waals surface area contributed by atoms with Crippen LogP contribution in [0.4, 0.5) is 0 Å². The van der Waals surface area contributed by atoms with Gasteiger partial charge in [0, 0.05) is 24.4 Å². The van der Waals surface area contributed by atoms with Gasteiger partial charge < -0.3 is 5.32 Å². The van der Waals surface area contributed by atoms with E-state index in [2.05, 4.69) is 43.4 Å². The maximum absolute atomic E-state index is 12.8. The fourth-order valence-corrected chi connectivity index (χ4v) is 3.52. The van der Waals surface area contributed by atoms with Gasteiger partial charge in [0.05, 0.1) is 0 Å². The summed E-state index contributed by atoms with van der Waals surface area (Å²) in [5.41, 5.74) is 2.40. The molecule has 1 aliphatic heterocycles. The van der Waals surface area contributed by atoms with E-state index in [0.29, 0.717) is 18.1 Å². The Morgan fingerprint density at radius 3 is 2.00 bits per heavy atom. The van der Waals surface area contributed by atoms with E-state index in [4.69, 9.17) is 0 Å². The summed E-state index contributed by atoms with van der Waals surface area (Å²) in [6.07, 6.45) is 0.580. The van der Waals surface area contributed by atoms with E-state index in [1.54, 1.807) is 0 Å². The number of hydrogen-bond donors (Lipinski definition) is 1. The van der Waals surface area contributed by atoms with Crippen molar-refractivity contribution in [3.8, 4) is 0 Å². The number of carbonyl (C=O) groups excluding carboxylic acids is 1. The van der Waals surface area contributed by atoms with Gasteiger partial charge in [0.2, 0.25) is 0 Å². The Labute approximate surface area is 132 Å². The van der Waals surface area contributed by atoms with Crippen LogP contribution in [0.15, 0.2) is 60.7 Å². The van der Waals surface area contributed by atoms with Gasteiger partial charge in [-0.3, -0.25) is 4.79 Å². The van der Waals surface area contributed by atoms with Crippen molar-refractivity contribution < 1.29 is 4.79 Å². The van der Waals surface area contributed by atoms with E-state index < -0.39 is 0 Å². The summed E-state index contributed by atoms with van der Waals surface area (Å²) in [4.78, 5) is 12.8. The van der Waals surface area contributed by atoms with E-state index in [9.17, 15) is 4.79 Å². The molecular weight excluding hydrogens is 270 g/mol. The second-order valence-corrected chi connectivity index (χ2v) is 6.46. The largest absolute Gasteiger partial charge is 0.302 e. The summed E-state index contributed by atoms with van der Waals surface area (Å²) >= 11 is 0. The molecule has 2 nitrogen and oxygen atoms in total. The lowest BCUT2D eigenvalue weighted by Crippen LogP contribution is -2.44. The lowest BCUT2D eigenvalue weighted by Gasteiger charge is -2.39. The third-order valence-electron chi connectivity index (χ3n) is 4.60. The van der Waals surface area contributed by atoms with Crippen molar-refractivity contribution in [2.75, 3.05) is 0 Å². The number of nitrogens with one attached hydrogen (secondary N) is 1. The van der Waals surface area contributed by atoms with E-state index in [1.165, 1.54) is 11.1 Å². The standard InChI is InChI=1S/C20H23NO/c1-14(2)19-18(22)13-17(15-9-5-3-6-10-15)21-20(19)16-11-7-4-8-12-16/h3-12,14,17,19-21H,13H2,1-2H3/t17?,19?,20-/m0/s1. The van der Waals surface area contributed by atoms with Crippen molar-refractivity contribution in [3.63, 3.8) is 0 Å². The van der Waals surface area contributed by atoms with Crippen LogP contribution in [0.25, 0.3) is 0 Å². The molecule has 114 valence electrons. The number of ketones is 1. The van der Waals surface area contributed by atoms with Gasteiger partial charge in [0.25, 0.3) is 0 Å². The molecule has 0 amide bonds. The Kier molecular flexibility index (Phi) is 4.39. The zero-order valence-corrected chi connectivity index (χ0v) is 13.2. The third kappa shape index (κ3) is 2.97. The van der Waals surface area contributed by atoms with E-state index in [0.717, 1.165) is 0 Å². The van der Waals surface area contributed by atoms with Crippen LogP contribution in [-0.2, 0) is 4.79 Å². The number of Topliss-reactive ketones (excluding diaryl/α,β-unsaturated/α-hetero) is 1. The molecule has 0 spiro atoms. The van der Waals surface area contributed by atoms with Gasteiger partial charge in [-0.1, -0.05) is 74.5 Å². The minimum absolute atomic E-state index is 0.0439. The molecular formula is C20H23NO. The van der Waals surface area contributed by atoms with Crippen molar-refractivity contribution in [2.45, 2.75) is 32.4 Å². The predicted octanol–water partition coefficient (Wildman–Crippen LogP) is 4.30. The molecule has 22 heavy (non-hydrogen) atoms. The normalized spacial score (nSPS) is 25.4. The third-order valence-corrected chi connectivity index (χ3v) is 4.60.